The first kappa shape index (κ1) is 15.3. The predicted octanol–water partition coefficient (Wildman–Crippen LogP) is 4.11. The Bertz CT molecular complexity index is 356. The Kier molecular flexibility index (Phi) is 6.51. The van der Waals surface area contributed by atoms with Crippen molar-refractivity contribution in [2.24, 2.45) is 0 Å². The van der Waals surface area contributed by atoms with Crippen LogP contribution in [0.5, 0.6) is 5.75 Å². The van der Waals surface area contributed by atoms with Crippen molar-refractivity contribution < 1.29 is 4.74 Å². The average Bonchev–Trinajstić information content (AvgIpc) is 2.31. The van der Waals surface area contributed by atoms with Gasteiger partial charge in [-0.15, -0.1) is 0 Å². The van der Waals surface area contributed by atoms with E-state index in [1.165, 1.54) is 0 Å². The Morgan fingerprint density at radius 2 is 1.83 bits per heavy atom. The van der Waals surface area contributed by atoms with E-state index >= 15 is 0 Å². The summed E-state index contributed by atoms with van der Waals surface area (Å²) in [5, 5.41) is 4.18. The Balaban J connectivity index is 2.69. The van der Waals surface area contributed by atoms with Gasteiger partial charge in [-0.2, -0.15) is 0 Å². The van der Waals surface area contributed by atoms with Gasteiger partial charge in [0.25, 0.3) is 0 Å². The van der Waals surface area contributed by atoms with Gasteiger partial charge in [0, 0.05) is 11.6 Å². The van der Waals surface area contributed by atoms with Crippen molar-refractivity contribution in [2.75, 3.05) is 13.1 Å². The number of rotatable bonds is 7. The first-order valence-electron chi connectivity index (χ1n) is 6.72. The van der Waals surface area contributed by atoms with Gasteiger partial charge in [-0.3, -0.25) is 0 Å². The van der Waals surface area contributed by atoms with Crippen LogP contribution < -0.4 is 10.1 Å². The van der Waals surface area contributed by atoms with Crippen LogP contribution in [0.15, 0.2) is 12.1 Å². The molecule has 1 rings (SSSR count). The predicted molar refractivity (Wildman–Crippen MR) is 78.8 cm³/mol. The van der Waals surface area contributed by atoms with E-state index in [4.69, 9.17) is 16.3 Å². The van der Waals surface area contributed by atoms with Crippen LogP contribution >= 0.6 is 11.6 Å². The van der Waals surface area contributed by atoms with Gasteiger partial charge in [0.15, 0.2) is 0 Å². The Morgan fingerprint density at radius 3 is 2.33 bits per heavy atom. The molecule has 2 nitrogen and oxygen atoms in total. The molecule has 0 radical (unpaired) electrons. The lowest BCUT2D eigenvalue weighted by atomic mass is 10.1. The number of ether oxygens (including phenoxy) is 1. The van der Waals surface area contributed by atoms with Crippen LogP contribution in [0.1, 0.15) is 37.8 Å². The third kappa shape index (κ3) is 4.51. The number of hydrogen-bond acceptors (Lipinski definition) is 2. The molecule has 0 amide bonds. The van der Waals surface area contributed by atoms with Crippen molar-refractivity contribution in [3.63, 3.8) is 0 Å². The molecule has 1 atom stereocenters. The zero-order chi connectivity index (χ0) is 13.5. The Morgan fingerprint density at radius 1 is 1.22 bits per heavy atom. The Labute approximate surface area is 116 Å². The number of benzene rings is 1. The van der Waals surface area contributed by atoms with Crippen molar-refractivity contribution in [3.8, 4) is 5.75 Å². The maximum Gasteiger partial charge on any atom is 0.125 e. The molecule has 1 unspecified atom stereocenters. The second-order valence-corrected chi connectivity index (χ2v) is 5.16. The van der Waals surface area contributed by atoms with Gasteiger partial charge in [-0.05, 0) is 56.5 Å². The molecule has 1 N–H and O–H groups in total. The van der Waals surface area contributed by atoms with Crippen molar-refractivity contribution in [1.29, 1.82) is 0 Å². The summed E-state index contributed by atoms with van der Waals surface area (Å²) in [6.45, 7) is 10.3. The summed E-state index contributed by atoms with van der Waals surface area (Å²) in [4.78, 5) is 0. The number of hydrogen-bond donors (Lipinski definition) is 1. The van der Waals surface area contributed by atoms with E-state index in [9.17, 15) is 0 Å². The molecule has 1 aromatic rings. The molecule has 0 aromatic heterocycles. The van der Waals surface area contributed by atoms with Crippen LogP contribution in [0, 0.1) is 13.8 Å². The highest BCUT2D eigenvalue weighted by Gasteiger charge is 2.12. The lowest BCUT2D eigenvalue weighted by molar-refractivity contribution is 0.191. The van der Waals surface area contributed by atoms with Crippen LogP contribution in [0.3, 0.4) is 0 Å². The summed E-state index contributed by atoms with van der Waals surface area (Å²) >= 11 is 6.03. The Hall–Kier alpha value is -0.730. The van der Waals surface area contributed by atoms with Crippen molar-refractivity contribution in [3.05, 3.63) is 28.3 Å². The van der Waals surface area contributed by atoms with Gasteiger partial charge < -0.3 is 10.1 Å². The molecule has 0 bridgehead atoms. The van der Waals surface area contributed by atoms with Crippen LogP contribution in [0.4, 0.5) is 0 Å². The maximum atomic E-state index is 6.11. The maximum absolute atomic E-state index is 6.11. The topological polar surface area (TPSA) is 21.3 Å². The summed E-state index contributed by atoms with van der Waals surface area (Å²) in [7, 11) is 0. The van der Waals surface area contributed by atoms with Gasteiger partial charge in [0.05, 0.1) is 0 Å². The lowest BCUT2D eigenvalue weighted by Gasteiger charge is -2.21. The number of nitrogens with one attached hydrogen (secondary N) is 1. The first-order chi connectivity index (χ1) is 8.58. The van der Waals surface area contributed by atoms with Gasteiger partial charge in [-0.1, -0.05) is 25.4 Å². The molecule has 0 heterocycles. The van der Waals surface area contributed by atoms with E-state index in [0.29, 0.717) is 0 Å². The van der Waals surface area contributed by atoms with Crippen LogP contribution in [0.2, 0.25) is 5.02 Å². The second-order valence-electron chi connectivity index (χ2n) is 4.72. The lowest BCUT2D eigenvalue weighted by Crippen LogP contribution is -2.31. The molecular weight excluding hydrogens is 246 g/mol. The van der Waals surface area contributed by atoms with Crippen LogP contribution in [-0.4, -0.2) is 19.2 Å². The molecule has 18 heavy (non-hydrogen) atoms. The zero-order valence-electron chi connectivity index (χ0n) is 11.8. The smallest absolute Gasteiger partial charge is 0.125 e. The zero-order valence-corrected chi connectivity index (χ0v) is 12.6. The van der Waals surface area contributed by atoms with Crippen molar-refractivity contribution >= 4 is 11.6 Å². The van der Waals surface area contributed by atoms with E-state index in [-0.39, 0.29) is 6.10 Å². The molecular formula is C15H24ClNO. The fourth-order valence-electron chi connectivity index (χ4n) is 1.96. The minimum Gasteiger partial charge on any atom is -0.489 e. The molecule has 0 spiro atoms. The molecule has 3 heteroatoms. The van der Waals surface area contributed by atoms with E-state index in [1.54, 1.807) is 0 Å². The molecule has 1 aromatic carbocycles. The van der Waals surface area contributed by atoms with E-state index < -0.39 is 0 Å². The summed E-state index contributed by atoms with van der Waals surface area (Å²) in [6.07, 6.45) is 2.36. The summed E-state index contributed by atoms with van der Waals surface area (Å²) in [5.74, 6) is 0.976. The molecule has 0 saturated carbocycles. The third-order valence-corrected chi connectivity index (χ3v) is 3.18. The number of aryl methyl sites for hydroxylation is 2. The minimum absolute atomic E-state index is 0.218. The quantitative estimate of drug-likeness (QED) is 0.752. The molecule has 0 fully saturated rings. The molecule has 0 aliphatic rings. The summed E-state index contributed by atoms with van der Waals surface area (Å²) < 4.78 is 6.11. The third-order valence-electron chi connectivity index (χ3n) is 2.96. The molecule has 102 valence electrons. The summed E-state index contributed by atoms with van der Waals surface area (Å²) in [6, 6.07) is 3.91. The highest BCUT2D eigenvalue weighted by atomic mass is 35.5. The van der Waals surface area contributed by atoms with E-state index in [2.05, 4.69) is 19.2 Å². The van der Waals surface area contributed by atoms with Gasteiger partial charge in [0.1, 0.15) is 11.9 Å². The van der Waals surface area contributed by atoms with Crippen molar-refractivity contribution in [2.45, 2.75) is 46.6 Å². The SMILES string of the molecule is CCCNCC(CC)Oc1c(C)cc(Cl)cc1C. The highest BCUT2D eigenvalue weighted by Crippen LogP contribution is 2.28. The van der Waals surface area contributed by atoms with Crippen LogP contribution in [0.25, 0.3) is 0 Å². The largest absolute Gasteiger partial charge is 0.489 e. The average molecular weight is 270 g/mol. The fraction of sp³-hybridized carbons (Fsp3) is 0.600. The highest BCUT2D eigenvalue weighted by molar-refractivity contribution is 6.30. The van der Waals surface area contributed by atoms with Crippen molar-refractivity contribution in [1.82, 2.24) is 5.32 Å². The number of halogens is 1. The summed E-state index contributed by atoms with van der Waals surface area (Å²) in [5.41, 5.74) is 2.21. The monoisotopic (exact) mass is 269 g/mol. The fourth-order valence-corrected chi connectivity index (χ4v) is 2.29. The minimum atomic E-state index is 0.218. The van der Waals surface area contributed by atoms with Crippen LogP contribution in [-0.2, 0) is 0 Å². The van der Waals surface area contributed by atoms with E-state index in [1.807, 2.05) is 26.0 Å². The van der Waals surface area contributed by atoms with Gasteiger partial charge in [-0.25, -0.2) is 0 Å². The standard InChI is InChI=1S/C15H24ClNO/c1-5-7-17-10-14(6-2)18-15-11(3)8-13(16)9-12(15)4/h8-9,14,17H,5-7,10H2,1-4H3. The normalized spacial score (nSPS) is 12.5. The van der Waals surface area contributed by atoms with Gasteiger partial charge >= 0.3 is 0 Å². The molecule has 0 aliphatic heterocycles. The first-order valence-corrected chi connectivity index (χ1v) is 7.10. The van der Waals surface area contributed by atoms with E-state index in [0.717, 1.165) is 47.8 Å². The van der Waals surface area contributed by atoms with Gasteiger partial charge in [0.2, 0.25) is 0 Å². The molecule has 0 aliphatic carbocycles. The molecule has 0 saturated heterocycles. The second kappa shape index (κ2) is 7.65.